The first kappa shape index (κ1) is 15.9. The lowest BCUT2D eigenvalue weighted by molar-refractivity contribution is 0.0615. The van der Waals surface area contributed by atoms with Crippen molar-refractivity contribution in [1.29, 1.82) is 0 Å². The van der Waals surface area contributed by atoms with Gasteiger partial charge in [-0.3, -0.25) is 4.98 Å². The van der Waals surface area contributed by atoms with Crippen LogP contribution in [0.2, 0.25) is 0 Å². The van der Waals surface area contributed by atoms with Crippen LogP contribution in [0.5, 0.6) is 5.75 Å². The SMILES string of the molecule is CC1(C)CC(NCC(O)c2ccncc2)c2ccc(F)cc2O1. The van der Waals surface area contributed by atoms with E-state index in [2.05, 4.69) is 10.3 Å². The van der Waals surface area contributed by atoms with Crippen LogP contribution in [0, 0.1) is 5.82 Å². The number of fused-ring (bicyclic) bond motifs is 1. The zero-order chi connectivity index (χ0) is 16.4. The molecule has 3 rings (SSSR count). The van der Waals surface area contributed by atoms with Crippen LogP contribution in [0.3, 0.4) is 0 Å². The number of hydrogen-bond donors (Lipinski definition) is 2. The Morgan fingerprint density at radius 3 is 2.83 bits per heavy atom. The summed E-state index contributed by atoms with van der Waals surface area (Å²) in [5, 5.41) is 13.7. The van der Waals surface area contributed by atoms with Crippen LogP contribution in [-0.4, -0.2) is 22.2 Å². The topological polar surface area (TPSA) is 54.4 Å². The first-order valence-corrected chi connectivity index (χ1v) is 7.74. The smallest absolute Gasteiger partial charge is 0.127 e. The molecule has 5 heteroatoms. The molecule has 2 aromatic rings. The molecular formula is C18H21FN2O2. The number of rotatable bonds is 4. The molecule has 1 aromatic carbocycles. The number of nitrogens with zero attached hydrogens (tertiary/aromatic N) is 1. The summed E-state index contributed by atoms with van der Waals surface area (Å²) < 4.78 is 19.3. The highest BCUT2D eigenvalue weighted by Crippen LogP contribution is 2.39. The first-order chi connectivity index (χ1) is 10.9. The average molecular weight is 316 g/mol. The van der Waals surface area contributed by atoms with Crippen molar-refractivity contribution in [1.82, 2.24) is 10.3 Å². The Morgan fingerprint density at radius 1 is 1.35 bits per heavy atom. The summed E-state index contributed by atoms with van der Waals surface area (Å²) >= 11 is 0. The molecule has 0 aliphatic carbocycles. The van der Waals surface area contributed by atoms with E-state index in [1.54, 1.807) is 30.6 Å². The number of nitrogens with one attached hydrogen (secondary N) is 1. The number of pyridine rings is 1. The molecule has 0 spiro atoms. The summed E-state index contributed by atoms with van der Waals surface area (Å²) in [5.41, 5.74) is 1.35. The van der Waals surface area contributed by atoms with E-state index in [0.29, 0.717) is 12.3 Å². The highest BCUT2D eigenvalue weighted by atomic mass is 19.1. The van der Waals surface area contributed by atoms with E-state index in [1.807, 2.05) is 13.8 Å². The highest BCUT2D eigenvalue weighted by molar-refractivity contribution is 5.39. The van der Waals surface area contributed by atoms with Gasteiger partial charge in [-0.25, -0.2) is 4.39 Å². The maximum Gasteiger partial charge on any atom is 0.127 e. The van der Waals surface area contributed by atoms with Crippen molar-refractivity contribution in [2.75, 3.05) is 6.54 Å². The largest absolute Gasteiger partial charge is 0.487 e. The Balaban J connectivity index is 1.75. The van der Waals surface area contributed by atoms with E-state index >= 15 is 0 Å². The third kappa shape index (κ3) is 3.68. The standard InChI is InChI=1S/C18H21FN2O2/c1-18(2)10-15(14-4-3-13(19)9-17(14)23-18)21-11-16(22)12-5-7-20-8-6-12/h3-9,15-16,21-22H,10-11H2,1-2H3. The normalized spacial score (nSPS) is 20.4. The van der Waals surface area contributed by atoms with Crippen LogP contribution < -0.4 is 10.1 Å². The van der Waals surface area contributed by atoms with Gasteiger partial charge in [0, 0.05) is 43.0 Å². The number of aromatic nitrogens is 1. The van der Waals surface area contributed by atoms with Gasteiger partial charge in [0.25, 0.3) is 0 Å². The van der Waals surface area contributed by atoms with Crippen LogP contribution in [0.4, 0.5) is 4.39 Å². The number of halogens is 1. The summed E-state index contributed by atoms with van der Waals surface area (Å²) in [4.78, 5) is 3.95. The molecule has 0 saturated heterocycles. The Bertz CT molecular complexity index is 676. The summed E-state index contributed by atoms with van der Waals surface area (Å²) in [6.45, 7) is 4.37. The summed E-state index contributed by atoms with van der Waals surface area (Å²) in [7, 11) is 0. The molecule has 2 heterocycles. The monoisotopic (exact) mass is 316 g/mol. The van der Waals surface area contributed by atoms with Crippen LogP contribution in [0.1, 0.15) is 43.5 Å². The van der Waals surface area contributed by atoms with Crippen LogP contribution in [-0.2, 0) is 0 Å². The molecular weight excluding hydrogens is 295 g/mol. The van der Waals surface area contributed by atoms with Crippen LogP contribution in [0.25, 0.3) is 0 Å². The Morgan fingerprint density at radius 2 is 2.09 bits per heavy atom. The Hall–Kier alpha value is -1.98. The van der Waals surface area contributed by atoms with Gasteiger partial charge in [0.1, 0.15) is 17.2 Å². The molecule has 0 bridgehead atoms. The fraction of sp³-hybridized carbons (Fsp3) is 0.389. The first-order valence-electron chi connectivity index (χ1n) is 7.74. The van der Waals surface area contributed by atoms with E-state index in [1.165, 1.54) is 12.1 Å². The lowest BCUT2D eigenvalue weighted by Gasteiger charge is -2.38. The van der Waals surface area contributed by atoms with Crippen molar-refractivity contribution in [3.63, 3.8) is 0 Å². The number of ether oxygens (including phenoxy) is 1. The van der Waals surface area contributed by atoms with Gasteiger partial charge < -0.3 is 15.2 Å². The molecule has 2 N–H and O–H groups in total. The molecule has 4 nitrogen and oxygen atoms in total. The summed E-state index contributed by atoms with van der Waals surface area (Å²) in [6, 6.07) is 8.20. The zero-order valence-corrected chi connectivity index (χ0v) is 13.3. The van der Waals surface area contributed by atoms with E-state index in [0.717, 1.165) is 17.5 Å². The maximum atomic E-state index is 13.5. The second kappa shape index (κ2) is 6.26. The van der Waals surface area contributed by atoms with Gasteiger partial charge in [-0.2, -0.15) is 0 Å². The molecule has 2 unspecified atom stereocenters. The maximum absolute atomic E-state index is 13.5. The molecule has 0 radical (unpaired) electrons. The molecule has 0 saturated carbocycles. The summed E-state index contributed by atoms with van der Waals surface area (Å²) in [5.74, 6) is 0.258. The van der Waals surface area contributed by atoms with E-state index < -0.39 is 6.10 Å². The van der Waals surface area contributed by atoms with Crippen molar-refractivity contribution < 1.29 is 14.2 Å². The third-order valence-corrected chi connectivity index (χ3v) is 4.08. The summed E-state index contributed by atoms with van der Waals surface area (Å²) in [6.07, 6.45) is 3.45. The molecule has 0 fully saturated rings. The molecule has 2 atom stereocenters. The minimum Gasteiger partial charge on any atom is -0.487 e. The Labute approximate surface area is 135 Å². The molecule has 122 valence electrons. The van der Waals surface area contributed by atoms with E-state index in [4.69, 9.17) is 4.74 Å². The van der Waals surface area contributed by atoms with Crippen molar-refractivity contribution in [2.24, 2.45) is 0 Å². The Kier molecular flexibility index (Phi) is 4.33. The molecule has 1 aliphatic rings. The van der Waals surface area contributed by atoms with Gasteiger partial charge in [-0.05, 0) is 37.6 Å². The van der Waals surface area contributed by atoms with Gasteiger partial charge in [0.15, 0.2) is 0 Å². The van der Waals surface area contributed by atoms with Crippen molar-refractivity contribution in [3.05, 3.63) is 59.7 Å². The fourth-order valence-electron chi connectivity index (χ4n) is 2.96. The average Bonchev–Trinajstić information content (AvgIpc) is 2.51. The number of aliphatic hydroxyl groups is 1. The lowest BCUT2D eigenvalue weighted by Crippen LogP contribution is -2.40. The van der Waals surface area contributed by atoms with E-state index in [9.17, 15) is 9.50 Å². The lowest BCUT2D eigenvalue weighted by atomic mass is 9.89. The second-order valence-electron chi connectivity index (χ2n) is 6.51. The van der Waals surface area contributed by atoms with Crippen molar-refractivity contribution >= 4 is 0 Å². The molecule has 0 amide bonds. The minimum absolute atomic E-state index is 0.00540. The number of hydrogen-bond acceptors (Lipinski definition) is 4. The second-order valence-corrected chi connectivity index (χ2v) is 6.51. The number of aliphatic hydroxyl groups excluding tert-OH is 1. The predicted molar refractivity (Wildman–Crippen MR) is 85.7 cm³/mol. The van der Waals surface area contributed by atoms with Gasteiger partial charge in [0.05, 0.1) is 6.10 Å². The number of benzene rings is 1. The van der Waals surface area contributed by atoms with E-state index in [-0.39, 0.29) is 17.5 Å². The zero-order valence-electron chi connectivity index (χ0n) is 13.3. The van der Waals surface area contributed by atoms with Gasteiger partial charge >= 0.3 is 0 Å². The van der Waals surface area contributed by atoms with Gasteiger partial charge in [-0.15, -0.1) is 0 Å². The molecule has 1 aromatic heterocycles. The quantitative estimate of drug-likeness (QED) is 0.910. The minimum atomic E-state index is -0.618. The van der Waals surface area contributed by atoms with Crippen molar-refractivity contribution in [3.8, 4) is 5.75 Å². The van der Waals surface area contributed by atoms with Crippen molar-refractivity contribution in [2.45, 2.75) is 38.0 Å². The predicted octanol–water partition coefficient (Wildman–Crippen LogP) is 3.15. The van der Waals surface area contributed by atoms with Crippen LogP contribution in [0.15, 0.2) is 42.7 Å². The molecule has 1 aliphatic heterocycles. The third-order valence-electron chi connectivity index (χ3n) is 4.08. The van der Waals surface area contributed by atoms with Gasteiger partial charge in [0.2, 0.25) is 0 Å². The van der Waals surface area contributed by atoms with Gasteiger partial charge in [-0.1, -0.05) is 6.07 Å². The van der Waals surface area contributed by atoms with Crippen LogP contribution >= 0.6 is 0 Å². The fourth-order valence-corrected chi connectivity index (χ4v) is 2.96. The molecule has 23 heavy (non-hydrogen) atoms. The highest BCUT2D eigenvalue weighted by Gasteiger charge is 2.34.